The van der Waals surface area contributed by atoms with Crippen LogP contribution >= 0.6 is 0 Å². The molecule has 4 rings (SSSR count). The first-order valence-electron chi connectivity index (χ1n) is 9.56. The van der Waals surface area contributed by atoms with Crippen LogP contribution in [0.2, 0.25) is 0 Å². The molecule has 0 aromatic heterocycles. The van der Waals surface area contributed by atoms with Crippen LogP contribution in [0.5, 0.6) is 0 Å². The Labute approximate surface area is 144 Å². The number of hydrogen-bond donors (Lipinski definition) is 0. The second-order valence-electron chi connectivity index (χ2n) is 8.49. The molecule has 0 saturated heterocycles. The third-order valence-electron chi connectivity index (χ3n) is 7.37. The Bertz CT molecular complexity index is 629. The van der Waals surface area contributed by atoms with E-state index in [9.17, 15) is 9.59 Å². The topological polar surface area (TPSA) is 43.4 Å². The summed E-state index contributed by atoms with van der Waals surface area (Å²) < 4.78 is 5.35. The molecule has 0 aliphatic heterocycles. The minimum Gasteiger partial charge on any atom is -0.466 e. The van der Waals surface area contributed by atoms with Crippen LogP contribution in [-0.2, 0) is 14.3 Å². The average molecular weight is 328 g/mol. The fraction of sp³-hybridized carbons (Fsp3) is 0.714. The summed E-state index contributed by atoms with van der Waals surface area (Å²) in [6, 6.07) is 0. The van der Waals surface area contributed by atoms with Gasteiger partial charge in [-0.05, 0) is 67.8 Å². The number of carbonyl (C=O) groups excluding carboxylic acids is 2. The van der Waals surface area contributed by atoms with Gasteiger partial charge in [0.1, 0.15) is 0 Å². The van der Waals surface area contributed by atoms with E-state index in [1.54, 1.807) is 5.57 Å². The molecule has 4 aliphatic rings. The van der Waals surface area contributed by atoms with Gasteiger partial charge in [-0.2, -0.15) is 0 Å². The Morgan fingerprint density at radius 3 is 2.83 bits per heavy atom. The summed E-state index contributed by atoms with van der Waals surface area (Å²) in [6.45, 7) is 4.46. The predicted molar refractivity (Wildman–Crippen MR) is 92.2 cm³/mol. The van der Waals surface area contributed by atoms with Gasteiger partial charge in [0.15, 0.2) is 5.78 Å². The molecule has 0 bridgehead atoms. The molecule has 3 nitrogen and oxygen atoms in total. The largest absolute Gasteiger partial charge is 0.466 e. The van der Waals surface area contributed by atoms with Crippen LogP contribution in [0.25, 0.3) is 0 Å². The zero-order chi connectivity index (χ0) is 16.9. The maximum atomic E-state index is 11.8. The molecule has 0 aromatic carbocycles. The van der Waals surface area contributed by atoms with Crippen LogP contribution < -0.4 is 0 Å². The molecule has 24 heavy (non-hydrogen) atoms. The summed E-state index contributed by atoms with van der Waals surface area (Å²) in [5.41, 5.74) is 3.29. The minimum atomic E-state index is -0.167. The molecule has 2 saturated carbocycles. The van der Waals surface area contributed by atoms with Crippen molar-refractivity contribution < 1.29 is 14.3 Å². The van der Waals surface area contributed by atoms with Gasteiger partial charge in [-0.1, -0.05) is 24.1 Å². The first-order chi connectivity index (χ1) is 11.5. The van der Waals surface area contributed by atoms with Crippen LogP contribution in [0.4, 0.5) is 0 Å². The molecule has 0 N–H and O–H groups in total. The lowest BCUT2D eigenvalue weighted by Gasteiger charge is -2.51. The Hall–Kier alpha value is -1.38. The van der Waals surface area contributed by atoms with Gasteiger partial charge in [-0.3, -0.25) is 9.59 Å². The third kappa shape index (κ3) is 2.48. The zero-order valence-corrected chi connectivity index (χ0v) is 14.8. The van der Waals surface area contributed by atoms with Crippen molar-refractivity contribution >= 4 is 11.8 Å². The van der Waals surface area contributed by atoms with Crippen molar-refractivity contribution in [2.75, 3.05) is 6.61 Å². The summed E-state index contributed by atoms with van der Waals surface area (Å²) in [7, 11) is 0. The zero-order valence-electron chi connectivity index (χ0n) is 14.8. The highest BCUT2D eigenvalue weighted by Crippen LogP contribution is 2.61. The van der Waals surface area contributed by atoms with Crippen molar-refractivity contribution in [1.82, 2.24) is 0 Å². The number of ketones is 1. The van der Waals surface area contributed by atoms with E-state index >= 15 is 0 Å². The fourth-order valence-electron chi connectivity index (χ4n) is 6.08. The van der Waals surface area contributed by atoms with Crippen LogP contribution in [-0.4, -0.2) is 18.4 Å². The number of fused-ring (bicyclic) bond motifs is 5. The summed E-state index contributed by atoms with van der Waals surface area (Å²) in [6.07, 6.45) is 12.0. The van der Waals surface area contributed by atoms with Gasteiger partial charge in [0.05, 0.1) is 6.61 Å². The molecular weight excluding hydrogens is 300 g/mol. The van der Waals surface area contributed by atoms with Gasteiger partial charge in [-0.25, -0.2) is 0 Å². The van der Waals surface area contributed by atoms with Crippen LogP contribution in [0.15, 0.2) is 23.3 Å². The fourth-order valence-corrected chi connectivity index (χ4v) is 6.08. The van der Waals surface area contributed by atoms with E-state index in [4.69, 9.17) is 4.74 Å². The SMILES string of the molecule is CC(=O)OC[C@H]1CC=C2[C@@H]3CCC4=CC(=O)CC[C@@H]4[C@H]3CC[C@@]21C. The molecule has 3 heteroatoms. The highest BCUT2D eigenvalue weighted by molar-refractivity contribution is 5.91. The van der Waals surface area contributed by atoms with E-state index in [1.807, 2.05) is 6.08 Å². The minimum absolute atomic E-state index is 0.167. The number of hydrogen-bond acceptors (Lipinski definition) is 3. The highest BCUT2D eigenvalue weighted by atomic mass is 16.5. The molecule has 0 amide bonds. The van der Waals surface area contributed by atoms with Crippen molar-refractivity contribution in [3.8, 4) is 0 Å². The van der Waals surface area contributed by atoms with Crippen LogP contribution in [0, 0.1) is 29.1 Å². The van der Waals surface area contributed by atoms with Gasteiger partial charge in [-0.15, -0.1) is 0 Å². The predicted octanol–water partition coefficient (Wildman–Crippen LogP) is 4.23. The maximum Gasteiger partial charge on any atom is 0.302 e. The van der Waals surface area contributed by atoms with Crippen LogP contribution in [0.1, 0.15) is 58.8 Å². The van der Waals surface area contributed by atoms with E-state index < -0.39 is 0 Å². The van der Waals surface area contributed by atoms with Crippen molar-refractivity contribution in [2.24, 2.45) is 29.1 Å². The standard InChI is InChI=1S/C21H28O3/c1-13(22)24-12-15-4-8-20-19-6-3-14-11-16(23)5-7-17(14)18(19)9-10-21(15,20)2/h8,11,15,17-19H,3-7,9-10,12H2,1-2H3/t15-,17+,18-,19-,21-/m1/s1. The van der Waals surface area contributed by atoms with Gasteiger partial charge < -0.3 is 4.74 Å². The normalized spacial score (nSPS) is 40.8. The third-order valence-corrected chi connectivity index (χ3v) is 7.37. The van der Waals surface area contributed by atoms with E-state index in [2.05, 4.69) is 13.0 Å². The Morgan fingerprint density at radius 1 is 1.25 bits per heavy atom. The smallest absolute Gasteiger partial charge is 0.302 e. The van der Waals surface area contributed by atoms with Crippen molar-refractivity contribution in [3.05, 3.63) is 23.3 Å². The second kappa shape index (κ2) is 5.86. The molecule has 2 fully saturated rings. The lowest BCUT2D eigenvalue weighted by Crippen LogP contribution is -2.43. The summed E-state index contributed by atoms with van der Waals surface area (Å²) in [5, 5.41) is 0. The van der Waals surface area contributed by atoms with Crippen molar-refractivity contribution in [2.45, 2.75) is 58.8 Å². The second-order valence-corrected chi connectivity index (χ2v) is 8.49. The number of carbonyl (C=O) groups is 2. The Balaban J connectivity index is 1.54. The average Bonchev–Trinajstić information content (AvgIpc) is 2.89. The number of rotatable bonds is 2. The molecule has 0 spiro atoms. The van der Waals surface area contributed by atoms with E-state index in [1.165, 1.54) is 31.8 Å². The van der Waals surface area contributed by atoms with Crippen molar-refractivity contribution in [3.63, 3.8) is 0 Å². The monoisotopic (exact) mass is 328 g/mol. The molecule has 0 heterocycles. The van der Waals surface area contributed by atoms with E-state index in [0.717, 1.165) is 31.6 Å². The quantitative estimate of drug-likeness (QED) is 0.563. The summed E-state index contributed by atoms with van der Waals surface area (Å²) in [4.78, 5) is 23.0. The number of ether oxygens (including phenoxy) is 1. The highest BCUT2D eigenvalue weighted by Gasteiger charge is 2.52. The Morgan fingerprint density at radius 2 is 2.04 bits per heavy atom. The molecule has 0 unspecified atom stereocenters. The molecule has 5 atom stereocenters. The first-order valence-corrected chi connectivity index (χ1v) is 9.56. The number of allylic oxidation sites excluding steroid dienone is 4. The van der Waals surface area contributed by atoms with Gasteiger partial charge in [0.25, 0.3) is 0 Å². The molecule has 0 aromatic rings. The van der Waals surface area contributed by atoms with Crippen molar-refractivity contribution in [1.29, 1.82) is 0 Å². The first kappa shape index (κ1) is 16.1. The lowest BCUT2D eigenvalue weighted by molar-refractivity contribution is -0.143. The van der Waals surface area contributed by atoms with E-state index in [0.29, 0.717) is 30.1 Å². The summed E-state index contributed by atoms with van der Waals surface area (Å²) >= 11 is 0. The molecular formula is C21H28O3. The Kier molecular flexibility index (Phi) is 3.93. The molecule has 130 valence electrons. The number of esters is 1. The summed E-state index contributed by atoms with van der Waals surface area (Å²) in [5.74, 6) is 2.66. The molecule has 4 aliphatic carbocycles. The van der Waals surface area contributed by atoms with Gasteiger partial charge in [0, 0.05) is 19.3 Å². The van der Waals surface area contributed by atoms with Crippen LogP contribution in [0.3, 0.4) is 0 Å². The van der Waals surface area contributed by atoms with Gasteiger partial charge >= 0.3 is 5.97 Å². The lowest BCUT2D eigenvalue weighted by atomic mass is 9.53. The van der Waals surface area contributed by atoms with E-state index in [-0.39, 0.29) is 11.4 Å². The van der Waals surface area contributed by atoms with Gasteiger partial charge in [0.2, 0.25) is 0 Å². The molecule has 0 radical (unpaired) electrons. The maximum absolute atomic E-state index is 11.8.